The highest BCUT2D eigenvalue weighted by atomic mass is 35.5. The maximum absolute atomic E-state index is 5.73. The molecule has 94 valence electrons. The molecule has 0 bridgehead atoms. The Labute approximate surface area is 107 Å². The minimum atomic E-state index is 0.456. The van der Waals surface area contributed by atoms with Gasteiger partial charge >= 0.3 is 0 Å². The number of halogens is 1. The van der Waals surface area contributed by atoms with Gasteiger partial charge in [-0.25, -0.2) is 0 Å². The fourth-order valence-corrected chi connectivity index (χ4v) is 2.38. The summed E-state index contributed by atoms with van der Waals surface area (Å²) in [5, 5.41) is 11.7. The van der Waals surface area contributed by atoms with Gasteiger partial charge in [0.2, 0.25) is 0 Å². The van der Waals surface area contributed by atoms with Crippen molar-refractivity contribution < 1.29 is 0 Å². The van der Waals surface area contributed by atoms with Crippen molar-refractivity contribution in [2.75, 3.05) is 31.6 Å². The van der Waals surface area contributed by atoms with Crippen LogP contribution in [0, 0.1) is 5.92 Å². The lowest BCUT2D eigenvalue weighted by Gasteiger charge is -2.32. The number of nitrogens with zero attached hydrogens (tertiary/aromatic N) is 3. The molecule has 0 aromatic carbocycles. The average Bonchev–Trinajstić information content (AvgIpc) is 2.38. The van der Waals surface area contributed by atoms with Gasteiger partial charge in [-0.15, -0.1) is 10.2 Å². The molecule has 0 spiro atoms. The third-order valence-corrected chi connectivity index (χ3v) is 3.56. The van der Waals surface area contributed by atoms with Gasteiger partial charge in [-0.3, -0.25) is 0 Å². The van der Waals surface area contributed by atoms with Crippen molar-refractivity contribution in [3.63, 3.8) is 0 Å². The van der Waals surface area contributed by atoms with Crippen molar-refractivity contribution in [1.82, 2.24) is 15.5 Å². The number of rotatable bonds is 4. The van der Waals surface area contributed by atoms with Gasteiger partial charge in [0.1, 0.15) is 0 Å². The number of aromatic nitrogens is 2. The molecule has 1 N–H and O–H groups in total. The minimum Gasteiger partial charge on any atom is -0.355 e. The smallest absolute Gasteiger partial charge is 0.151 e. The van der Waals surface area contributed by atoms with E-state index in [1.807, 2.05) is 13.1 Å². The van der Waals surface area contributed by atoms with E-state index in [2.05, 4.69) is 20.4 Å². The van der Waals surface area contributed by atoms with Gasteiger partial charge in [0, 0.05) is 13.1 Å². The van der Waals surface area contributed by atoms with Gasteiger partial charge in [0.25, 0.3) is 0 Å². The van der Waals surface area contributed by atoms with Crippen molar-refractivity contribution in [3.8, 4) is 0 Å². The normalized spacial score (nSPS) is 17.4. The first-order chi connectivity index (χ1) is 8.29. The molecule has 2 rings (SSSR count). The van der Waals surface area contributed by atoms with E-state index in [1.54, 1.807) is 6.07 Å². The fraction of sp³-hybridized carbons (Fsp3) is 0.667. The molecule has 2 heterocycles. The Hall–Kier alpha value is -0.870. The maximum atomic E-state index is 5.73. The average molecular weight is 255 g/mol. The van der Waals surface area contributed by atoms with Crippen LogP contribution in [0.3, 0.4) is 0 Å². The highest BCUT2D eigenvalue weighted by molar-refractivity contribution is 6.29. The third kappa shape index (κ3) is 3.54. The van der Waals surface area contributed by atoms with E-state index in [1.165, 1.54) is 19.3 Å². The fourth-order valence-electron chi connectivity index (χ4n) is 2.28. The van der Waals surface area contributed by atoms with Crippen molar-refractivity contribution in [1.29, 1.82) is 0 Å². The standard InChI is InChI=1S/C12H19ClN4/c1-14-7-4-10-5-8-17(9-6-10)12-3-2-11(13)15-16-12/h2-3,10,14H,4-9H2,1H3. The third-order valence-electron chi connectivity index (χ3n) is 3.36. The summed E-state index contributed by atoms with van der Waals surface area (Å²) in [6.45, 7) is 3.26. The molecule has 1 aromatic heterocycles. The molecule has 0 amide bonds. The van der Waals surface area contributed by atoms with E-state index in [4.69, 9.17) is 11.6 Å². The number of piperidine rings is 1. The lowest BCUT2D eigenvalue weighted by Crippen LogP contribution is -2.35. The minimum absolute atomic E-state index is 0.456. The van der Waals surface area contributed by atoms with E-state index in [0.717, 1.165) is 31.4 Å². The highest BCUT2D eigenvalue weighted by Gasteiger charge is 2.19. The largest absolute Gasteiger partial charge is 0.355 e. The molecule has 0 atom stereocenters. The van der Waals surface area contributed by atoms with E-state index >= 15 is 0 Å². The summed E-state index contributed by atoms with van der Waals surface area (Å²) in [6, 6.07) is 3.75. The Morgan fingerprint density at radius 3 is 2.71 bits per heavy atom. The van der Waals surface area contributed by atoms with Crippen molar-refractivity contribution in [2.24, 2.45) is 5.92 Å². The Morgan fingerprint density at radius 2 is 2.12 bits per heavy atom. The molecular weight excluding hydrogens is 236 g/mol. The predicted octanol–water partition coefficient (Wildman–Crippen LogP) is 1.96. The summed E-state index contributed by atoms with van der Waals surface area (Å²) in [7, 11) is 2.01. The Morgan fingerprint density at radius 1 is 1.35 bits per heavy atom. The molecular formula is C12H19ClN4. The molecule has 0 saturated carbocycles. The van der Waals surface area contributed by atoms with Gasteiger partial charge in [0.15, 0.2) is 11.0 Å². The maximum Gasteiger partial charge on any atom is 0.151 e. The van der Waals surface area contributed by atoms with E-state index in [9.17, 15) is 0 Å². The zero-order valence-corrected chi connectivity index (χ0v) is 11.0. The molecule has 0 radical (unpaired) electrons. The summed E-state index contributed by atoms with van der Waals surface area (Å²) in [5.74, 6) is 1.79. The second kappa shape index (κ2) is 6.17. The van der Waals surface area contributed by atoms with Crippen LogP contribution in [0.4, 0.5) is 5.82 Å². The summed E-state index contributed by atoms with van der Waals surface area (Å²) < 4.78 is 0. The van der Waals surface area contributed by atoms with Gasteiger partial charge in [-0.05, 0) is 50.9 Å². The molecule has 5 heteroatoms. The van der Waals surface area contributed by atoms with E-state index in [-0.39, 0.29) is 0 Å². The molecule has 1 aromatic rings. The Balaban J connectivity index is 1.84. The lowest BCUT2D eigenvalue weighted by atomic mass is 9.93. The highest BCUT2D eigenvalue weighted by Crippen LogP contribution is 2.23. The van der Waals surface area contributed by atoms with Crippen molar-refractivity contribution in [2.45, 2.75) is 19.3 Å². The summed E-state index contributed by atoms with van der Waals surface area (Å²) in [6.07, 6.45) is 3.76. The Kier molecular flexibility index (Phi) is 4.57. The van der Waals surface area contributed by atoms with E-state index < -0.39 is 0 Å². The Bertz CT molecular complexity index is 333. The zero-order valence-electron chi connectivity index (χ0n) is 10.2. The van der Waals surface area contributed by atoms with Crippen LogP contribution in [0.25, 0.3) is 0 Å². The predicted molar refractivity (Wildman–Crippen MR) is 70.5 cm³/mol. The molecule has 1 saturated heterocycles. The second-order valence-electron chi connectivity index (χ2n) is 4.54. The number of anilines is 1. The van der Waals surface area contributed by atoms with Crippen LogP contribution in [0.1, 0.15) is 19.3 Å². The molecule has 4 nitrogen and oxygen atoms in total. The SMILES string of the molecule is CNCCC1CCN(c2ccc(Cl)nn2)CC1. The molecule has 1 aliphatic rings. The van der Waals surface area contributed by atoms with E-state index in [0.29, 0.717) is 5.15 Å². The molecule has 1 fully saturated rings. The number of nitrogens with one attached hydrogen (secondary N) is 1. The van der Waals surface area contributed by atoms with Crippen molar-refractivity contribution >= 4 is 17.4 Å². The van der Waals surface area contributed by atoms with Crippen LogP contribution in [-0.4, -0.2) is 36.9 Å². The zero-order chi connectivity index (χ0) is 12.1. The van der Waals surface area contributed by atoms with Gasteiger partial charge < -0.3 is 10.2 Å². The molecule has 17 heavy (non-hydrogen) atoms. The van der Waals surface area contributed by atoms with Gasteiger partial charge in [-0.2, -0.15) is 0 Å². The van der Waals surface area contributed by atoms with Gasteiger partial charge in [-0.1, -0.05) is 11.6 Å². The van der Waals surface area contributed by atoms with Crippen LogP contribution in [0.2, 0.25) is 5.15 Å². The van der Waals surface area contributed by atoms with Crippen LogP contribution >= 0.6 is 11.6 Å². The first-order valence-electron chi connectivity index (χ1n) is 6.18. The monoisotopic (exact) mass is 254 g/mol. The first-order valence-corrected chi connectivity index (χ1v) is 6.56. The van der Waals surface area contributed by atoms with Crippen LogP contribution in [0.5, 0.6) is 0 Å². The second-order valence-corrected chi connectivity index (χ2v) is 4.92. The van der Waals surface area contributed by atoms with Crippen LogP contribution in [-0.2, 0) is 0 Å². The molecule has 0 aliphatic carbocycles. The van der Waals surface area contributed by atoms with Crippen LogP contribution in [0.15, 0.2) is 12.1 Å². The van der Waals surface area contributed by atoms with Crippen molar-refractivity contribution in [3.05, 3.63) is 17.3 Å². The molecule has 1 aliphatic heterocycles. The summed E-state index contributed by atoms with van der Waals surface area (Å²) >= 11 is 5.73. The lowest BCUT2D eigenvalue weighted by molar-refractivity contribution is 0.376. The summed E-state index contributed by atoms with van der Waals surface area (Å²) in [4.78, 5) is 2.29. The molecule has 0 unspecified atom stereocenters. The summed E-state index contributed by atoms with van der Waals surface area (Å²) in [5.41, 5.74) is 0. The number of hydrogen-bond acceptors (Lipinski definition) is 4. The topological polar surface area (TPSA) is 41.0 Å². The number of hydrogen-bond donors (Lipinski definition) is 1. The quantitative estimate of drug-likeness (QED) is 0.892. The van der Waals surface area contributed by atoms with Gasteiger partial charge in [0.05, 0.1) is 0 Å². The first kappa shape index (κ1) is 12.6. The van der Waals surface area contributed by atoms with Crippen LogP contribution < -0.4 is 10.2 Å².